The van der Waals surface area contributed by atoms with Crippen molar-refractivity contribution in [2.75, 3.05) is 16.4 Å². The number of anilines is 4. The summed E-state index contributed by atoms with van der Waals surface area (Å²) in [7, 11) is -3.82. The van der Waals surface area contributed by atoms with Gasteiger partial charge < -0.3 is 16.0 Å². The van der Waals surface area contributed by atoms with Gasteiger partial charge in [-0.25, -0.2) is 18.0 Å². The van der Waals surface area contributed by atoms with Gasteiger partial charge >= 0.3 is 0 Å². The smallest absolute Gasteiger partial charge is 0.261 e. The van der Waals surface area contributed by atoms with Crippen molar-refractivity contribution in [3.63, 3.8) is 0 Å². The van der Waals surface area contributed by atoms with E-state index < -0.39 is 10.0 Å². The van der Waals surface area contributed by atoms with Crippen LogP contribution in [0.2, 0.25) is 0 Å². The van der Waals surface area contributed by atoms with Crippen molar-refractivity contribution >= 4 is 56.7 Å². The van der Waals surface area contributed by atoms with Gasteiger partial charge in [-0.05, 0) is 49.2 Å². The van der Waals surface area contributed by atoms with Gasteiger partial charge in [-0.2, -0.15) is 9.97 Å². The number of hydrogen-bond donors (Lipinski definition) is 4. The third-order valence-electron chi connectivity index (χ3n) is 6.02. The minimum atomic E-state index is -3.82. The molecule has 1 saturated carbocycles. The summed E-state index contributed by atoms with van der Waals surface area (Å²) in [6.07, 6.45) is 5.50. The molecular weight excluding hydrogens is 526 g/mol. The van der Waals surface area contributed by atoms with Gasteiger partial charge in [0.1, 0.15) is 0 Å². The molecule has 2 heterocycles. The molecular formula is C24H27N9O3S2. The maximum Gasteiger partial charge on any atom is 0.261 e. The van der Waals surface area contributed by atoms with Gasteiger partial charge in [0, 0.05) is 17.4 Å². The number of para-hydroxylation sites is 1. The molecule has 0 saturated heterocycles. The number of amides is 1. The van der Waals surface area contributed by atoms with Crippen LogP contribution in [0.4, 0.5) is 23.3 Å². The van der Waals surface area contributed by atoms with Crippen molar-refractivity contribution in [2.45, 2.75) is 48.2 Å². The minimum Gasteiger partial charge on any atom is -0.353 e. The molecule has 1 amide bonds. The molecule has 0 unspecified atom stereocenters. The molecule has 2 aromatic heterocycles. The summed E-state index contributed by atoms with van der Waals surface area (Å²) in [6.45, 7) is 0. The summed E-state index contributed by atoms with van der Waals surface area (Å²) >= 11 is 1.23. The van der Waals surface area contributed by atoms with E-state index in [4.69, 9.17) is 5.14 Å². The van der Waals surface area contributed by atoms with Crippen LogP contribution in [0, 0.1) is 0 Å². The lowest BCUT2D eigenvalue weighted by Crippen LogP contribution is -2.37. The first-order valence-corrected chi connectivity index (χ1v) is 14.7. The van der Waals surface area contributed by atoms with Gasteiger partial charge in [0.25, 0.3) is 5.78 Å². The number of benzene rings is 2. The highest BCUT2D eigenvalue weighted by molar-refractivity contribution is 7.99. The van der Waals surface area contributed by atoms with Crippen molar-refractivity contribution in [1.29, 1.82) is 0 Å². The molecule has 1 aliphatic carbocycles. The SMILES string of the molecule is NS(=O)(=O)c1ccc(Nc2nc(Nc3ccccc3)nc3nnc(SCC(=O)NC4CCCCC4)n23)cc1. The molecule has 4 aromatic rings. The Labute approximate surface area is 223 Å². The highest BCUT2D eigenvalue weighted by Crippen LogP contribution is 2.25. The Kier molecular flexibility index (Phi) is 7.72. The second-order valence-electron chi connectivity index (χ2n) is 8.87. The van der Waals surface area contributed by atoms with Crippen molar-refractivity contribution < 1.29 is 13.2 Å². The number of nitrogens with zero attached hydrogens (tertiary/aromatic N) is 5. The molecule has 0 radical (unpaired) electrons. The molecule has 1 fully saturated rings. The molecule has 12 nitrogen and oxygen atoms in total. The van der Waals surface area contributed by atoms with E-state index in [-0.39, 0.29) is 34.3 Å². The van der Waals surface area contributed by atoms with Crippen LogP contribution in [-0.4, -0.2) is 50.7 Å². The number of nitrogens with two attached hydrogens (primary N) is 1. The summed E-state index contributed by atoms with van der Waals surface area (Å²) < 4.78 is 24.9. The van der Waals surface area contributed by atoms with Crippen LogP contribution in [0.3, 0.4) is 0 Å². The topological polar surface area (TPSA) is 169 Å². The Bertz CT molecular complexity index is 1520. The van der Waals surface area contributed by atoms with Gasteiger partial charge in [-0.1, -0.05) is 49.2 Å². The number of nitrogens with one attached hydrogen (secondary N) is 3. The average molecular weight is 554 g/mol. The number of primary sulfonamides is 1. The highest BCUT2D eigenvalue weighted by Gasteiger charge is 2.19. The van der Waals surface area contributed by atoms with Crippen LogP contribution in [0.5, 0.6) is 0 Å². The third kappa shape index (κ3) is 6.38. The van der Waals surface area contributed by atoms with Crippen LogP contribution in [-0.2, 0) is 14.8 Å². The van der Waals surface area contributed by atoms with Gasteiger partial charge in [0.2, 0.25) is 27.8 Å². The number of aromatic nitrogens is 5. The maximum absolute atomic E-state index is 12.6. The van der Waals surface area contributed by atoms with E-state index in [2.05, 4.69) is 36.1 Å². The van der Waals surface area contributed by atoms with Crippen LogP contribution >= 0.6 is 11.8 Å². The van der Waals surface area contributed by atoms with E-state index in [1.807, 2.05) is 30.3 Å². The lowest BCUT2D eigenvalue weighted by Gasteiger charge is -2.22. The highest BCUT2D eigenvalue weighted by atomic mass is 32.2. The number of rotatable bonds is 9. The Morgan fingerprint density at radius 3 is 2.37 bits per heavy atom. The maximum atomic E-state index is 12.6. The summed E-state index contributed by atoms with van der Waals surface area (Å²) in [5.41, 5.74) is 1.34. The second kappa shape index (κ2) is 11.3. The zero-order valence-electron chi connectivity index (χ0n) is 20.4. The van der Waals surface area contributed by atoms with E-state index in [0.29, 0.717) is 16.8 Å². The molecule has 14 heteroatoms. The van der Waals surface area contributed by atoms with Gasteiger partial charge in [0.05, 0.1) is 10.6 Å². The standard InChI is InChI=1S/C24H27N9O3S2/c25-38(35,36)19-13-11-18(12-14-19)28-22-29-21(27-17-9-5-2-6-10-17)30-23-31-32-24(33(22)23)37-15-20(34)26-16-7-3-1-4-8-16/h2,5-6,9-14,16H,1,3-4,7-8,15H2,(H,26,34)(H2,25,35,36)(H2,27,28,29,30,31). The summed E-state index contributed by atoms with van der Waals surface area (Å²) in [6, 6.07) is 15.6. The Morgan fingerprint density at radius 2 is 1.66 bits per heavy atom. The number of carbonyl (C=O) groups excluding carboxylic acids is 1. The normalized spacial score (nSPS) is 14.3. The largest absolute Gasteiger partial charge is 0.353 e. The Morgan fingerprint density at radius 1 is 0.947 bits per heavy atom. The van der Waals surface area contributed by atoms with Crippen molar-refractivity contribution in [3.05, 3.63) is 54.6 Å². The molecule has 5 rings (SSSR count). The molecule has 2 aromatic carbocycles. The molecule has 198 valence electrons. The van der Waals surface area contributed by atoms with E-state index >= 15 is 0 Å². The van der Waals surface area contributed by atoms with Crippen LogP contribution < -0.4 is 21.1 Å². The fourth-order valence-corrected chi connectivity index (χ4v) is 5.43. The van der Waals surface area contributed by atoms with E-state index in [1.165, 1.54) is 30.3 Å². The van der Waals surface area contributed by atoms with Crippen LogP contribution in [0.1, 0.15) is 32.1 Å². The first-order valence-electron chi connectivity index (χ1n) is 12.1. The first kappa shape index (κ1) is 25.9. The fraction of sp³-hybridized carbons (Fsp3) is 0.292. The number of hydrogen-bond acceptors (Lipinski definition) is 10. The predicted molar refractivity (Wildman–Crippen MR) is 145 cm³/mol. The molecule has 5 N–H and O–H groups in total. The zero-order chi connectivity index (χ0) is 26.5. The van der Waals surface area contributed by atoms with Crippen molar-refractivity contribution in [2.24, 2.45) is 5.14 Å². The summed E-state index contributed by atoms with van der Waals surface area (Å²) in [5, 5.41) is 23.5. The van der Waals surface area contributed by atoms with Crippen molar-refractivity contribution in [3.8, 4) is 0 Å². The van der Waals surface area contributed by atoms with Crippen LogP contribution in [0.15, 0.2) is 64.6 Å². The third-order valence-corrected chi connectivity index (χ3v) is 7.88. The summed E-state index contributed by atoms with van der Waals surface area (Å²) in [5.74, 6) is 1.000. The molecule has 0 aliphatic heterocycles. The van der Waals surface area contributed by atoms with E-state index in [1.54, 1.807) is 16.5 Å². The van der Waals surface area contributed by atoms with E-state index in [9.17, 15) is 13.2 Å². The number of sulfonamides is 1. The Hall–Kier alpha value is -3.75. The molecule has 0 bridgehead atoms. The monoisotopic (exact) mass is 553 g/mol. The van der Waals surface area contributed by atoms with Crippen molar-refractivity contribution in [1.82, 2.24) is 29.9 Å². The average Bonchev–Trinajstić information content (AvgIpc) is 3.32. The quantitative estimate of drug-likeness (QED) is 0.226. The second-order valence-corrected chi connectivity index (χ2v) is 11.4. The van der Waals surface area contributed by atoms with Crippen LogP contribution in [0.25, 0.3) is 5.78 Å². The minimum absolute atomic E-state index is 0.00756. The lowest BCUT2D eigenvalue weighted by molar-refractivity contribution is -0.119. The summed E-state index contributed by atoms with van der Waals surface area (Å²) in [4.78, 5) is 21.7. The number of carbonyl (C=O) groups is 1. The van der Waals surface area contributed by atoms with Gasteiger partial charge in [-0.15, -0.1) is 10.2 Å². The fourth-order valence-electron chi connectivity index (χ4n) is 4.18. The predicted octanol–water partition coefficient (Wildman–Crippen LogP) is 3.19. The zero-order valence-corrected chi connectivity index (χ0v) is 22.0. The van der Waals surface area contributed by atoms with Gasteiger partial charge in [-0.3, -0.25) is 4.79 Å². The number of fused-ring (bicyclic) bond motifs is 1. The Balaban J connectivity index is 1.41. The first-order chi connectivity index (χ1) is 18.3. The number of thioether (sulfide) groups is 1. The molecule has 1 aliphatic rings. The molecule has 38 heavy (non-hydrogen) atoms. The molecule has 0 spiro atoms. The lowest BCUT2D eigenvalue weighted by atomic mass is 9.95. The van der Waals surface area contributed by atoms with Gasteiger partial charge in [0.15, 0.2) is 5.16 Å². The molecule has 0 atom stereocenters. The van der Waals surface area contributed by atoms with E-state index in [0.717, 1.165) is 31.4 Å².